The Hall–Kier alpha value is -1.82. The van der Waals surface area contributed by atoms with Crippen LogP contribution >= 0.6 is 11.6 Å². The first-order valence-electron chi connectivity index (χ1n) is 5.82. The standard InChI is InChI=1S/C14H9ClF5N/c15-9-2-4-13(11(5-9)14(18,19)20)21-7-8-1-3-10(16)6-12(8)17/h1-6,21H,7H2. The van der Waals surface area contributed by atoms with Gasteiger partial charge < -0.3 is 5.32 Å². The maximum absolute atomic E-state index is 13.4. The van der Waals surface area contributed by atoms with Crippen molar-refractivity contribution in [1.82, 2.24) is 0 Å². The first kappa shape index (κ1) is 15.6. The second-order valence-corrected chi connectivity index (χ2v) is 4.71. The van der Waals surface area contributed by atoms with E-state index in [1.807, 2.05) is 0 Å². The molecule has 0 aromatic heterocycles. The third-order valence-electron chi connectivity index (χ3n) is 2.77. The quantitative estimate of drug-likeness (QED) is 0.761. The van der Waals surface area contributed by atoms with E-state index in [2.05, 4.69) is 5.32 Å². The van der Waals surface area contributed by atoms with Gasteiger partial charge in [0, 0.05) is 28.9 Å². The number of hydrogen-bond donors (Lipinski definition) is 1. The summed E-state index contributed by atoms with van der Waals surface area (Å²) in [4.78, 5) is 0. The Balaban J connectivity index is 2.24. The van der Waals surface area contributed by atoms with Crippen LogP contribution in [0, 0.1) is 11.6 Å². The highest BCUT2D eigenvalue weighted by Gasteiger charge is 2.33. The molecule has 0 bridgehead atoms. The number of alkyl halides is 3. The Morgan fingerprint density at radius 1 is 1.00 bits per heavy atom. The van der Waals surface area contributed by atoms with Gasteiger partial charge in [0.05, 0.1) is 5.56 Å². The molecule has 0 radical (unpaired) electrons. The molecule has 0 atom stereocenters. The van der Waals surface area contributed by atoms with Gasteiger partial charge in [0.15, 0.2) is 0 Å². The van der Waals surface area contributed by atoms with Gasteiger partial charge in [-0.25, -0.2) is 8.78 Å². The number of nitrogens with one attached hydrogen (secondary N) is 1. The third kappa shape index (κ3) is 3.85. The number of rotatable bonds is 3. The minimum atomic E-state index is -4.59. The molecule has 0 amide bonds. The van der Waals surface area contributed by atoms with Gasteiger partial charge in [0.2, 0.25) is 0 Å². The zero-order valence-corrected chi connectivity index (χ0v) is 11.2. The number of hydrogen-bond acceptors (Lipinski definition) is 1. The minimum absolute atomic E-state index is 0.0548. The van der Waals surface area contributed by atoms with Gasteiger partial charge in [-0.1, -0.05) is 17.7 Å². The molecule has 0 aliphatic carbocycles. The smallest absolute Gasteiger partial charge is 0.380 e. The SMILES string of the molecule is Fc1ccc(CNc2ccc(Cl)cc2C(F)(F)F)c(F)c1. The maximum Gasteiger partial charge on any atom is 0.418 e. The van der Waals surface area contributed by atoms with Gasteiger partial charge in [-0.05, 0) is 24.3 Å². The van der Waals surface area contributed by atoms with E-state index in [1.165, 1.54) is 12.1 Å². The molecular formula is C14H9ClF5N. The van der Waals surface area contributed by atoms with Gasteiger partial charge in [0.1, 0.15) is 11.6 Å². The third-order valence-corrected chi connectivity index (χ3v) is 3.01. The Bertz CT molecular complexity index is 654. The fourth-order valence-corrected chi connectivity index (χ4v) is 1.93. The van der Waals surface area contributed by atoms with Crippen LogP contribution in [0.5, 0.6) is 0 Å². The largest absolute Gasteiger partial charge is 0.418 e. The molecule has 7 heteroatoms. The van der Waals surface area contributed by atoms with Crippen LogP contribution in [-0.2, 0) is 12.7 Å². The van der Waals surface area contributed by atoms with Crippen LogP contribution in [0.4, 0.5) is 27.6 Å². The molecule has 0 saturated heterocycles. The van der Waals surface area contributed by atoms with E-state index in [4.69, 9.17) is 11.6 Å². The highest BCUT2D eigenvalue weighted by Crippen LogP contribution is 2.36. The predicted octanol–water partition coefficient (Wildman–Crippen LogP) is 5.25. The molecule has 0 unspecified atom stereocenters. The van der Waals surface area contributed by atoms with Crippen LogP contribution in [-0.4, -0.2) is 0 Å². The summed E-state index contributed by atoms with van der Waals surface area (Å²) >= 11 is 5.55. The zero-order chi connectivity index (χ0) is 15.6. The van der Waals surface area contributed by atoms with Gasteiger partial charge >= 0.3 is 6.18 Å². The molecule has 2 aromatic rings. The lowest BCUT2D eigenvalue weighted by molar-refractivity contribution is -0.136. The summed E-state index contributed by atoms with van der Waals surface area (Å²) in [6.45, 7) is -0.211. The molecule has 0 heterocycles. The van der Waals surface area contributed by atoms with Gasteiger partial charge in [0.25, 0.3) is 0 Å². The van der Waals surface area contributed by atoms with Crippen molar-refractivity contribution in [1.29, 1.82) is 0 Å². The number of halogens is 6. The van der Waals surface area contributed by atoms with Crippen molar-refractivity contribution < 1.29 is 22.0 Å². The van der Waals surface area contributed by atoms with Crippen molar-refractivity contribution >= 4 is 17.3 Å². The molecule has 2 aromatic carbocycles. The maximum atomic E-state index is 13.4. The summed E-state index contributed by atoms with van der Waals surface area (Å²) < 4.78 is 64.8. The molecule has 0 spiro atoms. The van der Waals surface area contributed by atoms with Crippen LogP contribution in [0.2, 0.25) is 5.02 Å². The second-order valence-electron chi connectivity index (χ2n) is 4.28. The Morgan fingerprint density at radius 3 is 2.33 bits per heavy atom. The minimum Gasteiger partial charge on any atom is -0.380 e. The first-order valence-corrected chi connectivity index (χ1v) is 6.20. The van der Waals surface area contributed by atoms with Gasteiger partial charge in [-0.15, -0.1) is 0 Å². The Labute approximate surface area is 122 Å². The number of anilines is 1. The highest BCUT2D eigenvalue weighted by molar-refractivity contribution is 6.30. The molecule has 0 saturated carbocycles. The van der Waals surface area contributed by atoms with Crippen molar-refractivity contribution in [2.75, 3.05) is 5.32 Å². The lowest BCUT2D eigenvalue weighted by atomic mass is 10.1. The van der Waals surface area contributed by atoms with Crippen LogP contribution in [0.25, 0.3) is 0 Å². The molecule has 112 valence electrons. The van der Waals surface area contributed by atoms with Crippen LogP contribution in [0.15, 0.2) is 36.4 Å². The molecule has 1 nitrogen and oxygen atoms in total. The summed E-state index contributed by atoms with van der Waals surface area (Å²) in [5.74, 6) is -1.58. The normalized spacial score (nSPS) is 11.5. The summed E-state index contributed by atoms with van der Waals surface area (Å²) in [6, 6.07) is 6.11. The lowest BCUT2D eigenvalue weighted by Gasteiger charge is -2.15. The van der Waals surface area contributed by atoms with Crippen molar-refractivity contribution in [2.24, 2.45) is 0 Å². The Morgan fingerprint density at radius 2 is 1.71 bits per heavy atom. The van der Waals surface area contributed by atoms with E-state index < -0.39 is 23.4 Å². The molecule has 1 N–H and O–H groups in total. The predicted molar refractivity (Wildman–Crippen MR) is 70.1 cm³/mol. The fraction of sp³-hybridized carbons (Fsp3) is 0.143. The molecular weight excluding hydrogens is 313 g/mol. The second kappa shape index (κ2) is 5.89. The number of benzene rings is 2. The monoisotopic (exact) mass is 321 g/mol. The van der Waals surface area contributed by atoms with Crippen molar-refractivity contribution in [3.05, 3.63) is 64.2 Å². The summed E-state index contributed by atoms with van der Waals surface area (Å²) in [6.07, 6.45) is -4.59. The van der Waals surface area contributed by atoms with Crippen molar-refractivity contribution in [2.45, 2.75) is 12.7 Å². The van der Waals surface area contributed by atoms with E-state index in [0.29, 0.717) is 6.07 Å². The fourth-order valence-electron chi connectivity index (χ4n) is 1.76. The first-order chi connectivity index (χ1) is 9.77. The lowest BCUT2D eigenvalue weighted by Crippen LogP contribution is -2.11. The summed E-state index contributed by atoms with van der Waals surface area (Å²) in [7, 11) is 0. The zero-order valence-electron chi connectivity index (χ0n) is 10.4. The summed E-state index contributed by atoms with van der Waals surface area (Å²) in [5.41, 5.74) is -1.12. The van der Waals surface area contributed by atoms with E-state index in [-0.39, 0.29) is 22.8 Å². The van der Waals surface area contributed by atoms with E-state index in [9.17, 15) is 22.0 Å². The average molecular weight is 322 g/mol. The molecule has 2 rings (SSSR count). The van der Waals surface area contributed by atoms with Crippen molar-refractivity contribution in [3.8, 4) is 0 Å². The summed E-state index contributed by atoms with van der Waals surface area (Å²) in [5, 5.41) is 2.43. The average Bonchev–Trinajstić information content (AvgIpc) is 2.38. The molecule has 0 fully saturated rings. The Kier molecular flexibility index (Phi) is 4.37. The van der Waals surface area contributed by atoms with Gasteiger partial charge in [-0.3, -0.25) is 0 Å². The molecule has 21 heavy (non-hydrogen) atoms. The van der Waals surface area contributed by atoms with E-state index in [0.717, 1.165) is 18.2 Å². The van der Waals surface area contributed by atoms with Crippen LogP contribution in [0.1, 0.15) is 11.1 Å². The van der Waals surface area contributed by atoms with E-state index in [1.54, 1.807) is 0 Å². The highest BCUT2D eigenvalue weighted by atomic mass is 35.5. The van der Waals surface area contributed by atoms with Gasteiger partial charge in [-0.2, -0.15) is 13.2 Å². The van der Waals surface area contributed by atoms with Crippen LogP contribution < -0.4 is 5.32 Å². The topological polar surface area (TPSA) is 12.0 Å². The molecule has 0 aliphatic heterocycles. The van der Waals surface area contributed by atoms with E-state index >= 15 is 0 Å². The van der Waals surface area contributed by atoms with Crippen LogP contribution in [0.3, 0.4) is 0 Å². The van der Waals surface area contributed by atoms with Crippen molar-refractivity contribution in [3.63, 3.8) is 0 Å². The molecule has 0 aliphatic rings.